The van der Waals surface area contributed by atoms with E-state index in [0.717, 1.165) is 31.2 Å². The number of rotatable bonds is 6. The van der Waals surface area contributed by atoms with E-state index >= 15 is 0 Å². The highest BCUT2D eigenvalue weighted by molar-refractivity contribution is 5.27. The monoisotopic (exact) mass is 312 g/mol. The molecule has 0 saturated carbocycles. The first-order valence-electron chi connectivity index (χ1n) is 8.71. The maximum atomic E-state index is 4.08. The molecule has 0 aliphatic carbocycles. The quantitative estimate of drug-likeness (QED) is 0.860. The van der Waals surface area contributed by atoms with Crippen LogP contribution in [0.5, 0.6) is 0 Å². The van der Waals surface area contributed by atoms with Gasteiger partial charge in [-0.3, -0.25) is 10.00 Å². The number of hydrogen-bond donors (Lipinski definition) is 2. The van der Waals surface area contributed by atoms with Gasteiger partial charge in [0.1, 0.15) is 0 Å². The summed E-state index contributed by atoms with van der Waals surface area (Å²) in [5.41, 5.74) is 5.25. The Kier molecular flexibility index (Phi) is 5.47. The number of benzene rings is 1. The summed E-state index contributed by atoms with van der Waals surface area (Å²) in [5, 5.41) is 10.6. The third kappa shape index (κ3) is 4.43. The van der Waals surface area contributed by atoms with Gasteiger partial charge in [0.2, 0.25) is 0 Å². The molecular formula is C19H28N4. The number of aromatic amines is 1. The summed E-state index contributed by atoms with van der Waals surface area (Å²) in [4.78, 5) is 2.60. The molecule has 23 heavy (non-hydrogen) atoms. The van der Waals surface area contributed by atoms with Gasteiger partial charge in [0.15, 0.2) is 0 Å². The Balaban J connectivity index is 1.58. The molecule has 1 fully saturated rings. The van der Waals surface area contributed by atoms with Gasteiger partial charge in [-0.25, -0.2) is 0 Å². The number of piperidine rings is 1. The van der Waals surface area contributed by atoms with Crippen molar-refractivity contribution in [1.82, 2.24) is 20.4 Å². The molecule has 4 nitrogen and oxygen atoms in total. The summed E-state index contributed by atoms with van der Waals surface area (Å²) in [6.45, 7) is 9.74. The first-order chi connectivity index (χ1) is 11.2. The normalized spacial score (nSPS) is 19.1. The SMILES string of the molecule is Cc1[nH]ncc1CNCc1ccccc1CN1CCC[C@H](C)C1. The summed E-state index contributed by atoms with van der Waals surface area (Å²) in [6, 6.07) is 8.83. The van der Waals surface area contributed by atoms with Crippen LogP contribution in [0.15, 0.2) is 30.5 Å². The molecule has 0 bridgehead atoms. The molecule has 4 heteroatoms. The van der Waals surface area contributed by atoms with E-state index in [9.17, 15) is 0 Å². The Morgan fingerprint density at radius 1 is 1.22 bits per heavy atom. The van der Waals surface area contributed by atoms with Crippen molar-refractivity contribution >= 4 is 0 Å². The van der Waals surface area contributed by atoms with E-state index in [1.54, 1.807) is 0 Å². The van der Waals surface area contributed by atoms with Crippen molar-refractivity contribution < 1.29 is 0 Å². The molecule has 2 aromatic rings. The maximum absolute atomic E-state index is 4.08. The van der Waals surface area contributed by atoms with Crippen LogP contribution in [0.25, 0.3) is 0 Å². The summed E-state index contributed by atoms with van der Waals surface area (Å²) < 4.78 is 0. The van der Waals surface area contributed by atoms with E-state index in [2.05, 4.69) is 58.5 Å². The minimum atomic E-state index is 0.832. The molecule has 1 aliphatic heterocycles. The number of aromatic nitrogens is 2. The van der Waals surface area contributed by atoms with Crippen LogP contribution < -0.4 is 5.32 Å². The fraction of sp³-hybridized carbons (Fsp3) is 0.526. The smallest absolute Gasteiger partial charge is 0.0535 e. The molecule has 1 atom stereocenters. The first kappa shape index (κ1) is 16.2. The Bertz CT molecular complexity index is 619. The van der Waals surface area contributed by atoms with Gasteiger partial charge in [-0.05, 0) is 43.4 Å². The highest BCUT2D eigenvalue weighted by Crippen LogP contribution is 2.19. The minimum absolute atomic E-state index is 0.832. The second kappa shape index (κ2) is 7.75. The van der Waals surface area contributed by atoms with Gasteiger partial charge in [-0.1, -0.05) is 31.2 Å². The summed E-state index contributed by atoms with van der Waals surface area (Å²) in [6.07, 6.45) is 4.62. The number of nitrogens with zero attached hydrogens (tertiary/aromatic N) is 2. The van der Waals surface area contributed by atoms with Gasteiger partial charge < -0.3 is 5.32 Å². The average Bonchev–Trinajstić information content (AvgIpc) is 2.94. The fourth-order valence-corrected chi connectivity index (χ4v) is 3.44. The standard InChI is InChI=1S/C19H28N4/c1-15-6-5-9-23(13-15)14-18-8-4-3-7-17(18)10-20-11-19-12-21-22-16(19)2/h3-4,7-8,12,15,20H,5-6,9-11,13-14H2,1-2H3,(H,21,22)/t15-/m0/s1. The van der Waals surface area contributed by atoms with Crippen LogP contribution in [0.1, 0.15) is 42.1 Å². The van der Waals surface area contributed by atoms with Crippen LogP contribution in [0.4, 0.5) is 0 Å². The van der Waals surface area contributed by atoms with Crippen LogP contribution in [0.3, 0.4) is 0 Å². The Hall–Kier alpha value is -1.65. The third-order valence-electron chi connectivity index (χ3n) is 4.82. The molecule has 0 amide bonds. The summed E-state index contributed by atoms with van der Waals surface area (Å²) >= 11 is 0. The molecule has 2 N–H and O–H groups in total. The lowest BCUT2D eigenvalue weighted by Gasteiger charge is -2.31. The zero-order valence-corrected chi connectivity index (χ0v) is 14.3. The van der Waals surface area contributed by atoms with Gasteiger partial charge in [-0.2, -0.15) is 5.10 Å². The second-order valence-electron chi connectivity index (χ2n) is 6.88. The Labute approximate surface area is 139 Å². The molecule has 0 radical (unpaired) electrons. The number of nitrogens with one attached hydrogen (secondary N) is 2. The van der Waals surface area contributed by atoms with Gasteiger partial charge in [0.25, 0.3) is 0 Å². The molecule has 124 valence electrons. The van der Waals surface area contributed by atoms with Crippen LogP contribution in [-0.2, 0) is 19.6 Å². The molecule has 3 rings (SSSR count). The predicted molar refractivity (Wildman–Crippen MR) is 94.0 cm³/mol. The molecule has 1 aromatic heterocycles. The fourth-order valence-electron chi connectivity index (χ4n) is 3.44. The van der Waals surface area contributed by atoms with E-state index in [1.165, 1.54) is 42.6 Å². The lowest BCUT2D eigenvalue weighted by atomic mass is 9.99. The van der Waals surface area contributed by atoms with Crippen LogP contribution in [0, 0.1) is 12.8 Å². The van der Waals surface area contributed by atoms with E-state index in [0.29, 0.717) is 0 Å². The topological polar surface area (TPSA) is 44.0 Å². The van der Waals surface area contributed by atoms with Crippen molar-refractivity contribution in [3.63, 3.8) is 0 Å². The van der Waals surface area contributed by atoms with E-state index in [1.807, 2.05) is 6.20 Å². The van der Waals surface area contributed by atoms with Crippen LogP contribution in [-0.4, -0.2) is 28.2 Å². The molecule has 1 aromatic carbocycles. The Morgan fingerprint density at radius 3 is 2.74 bits per heavy atom. The summed E-state index contributed by atoms with van der Waals surface area (Å²) in [7, 11) is 0. The second-order valence-corrected chi connectivity index (χ2v) is 6.88. The highest BCUT2D eigenvalue weighted by atomic mass is 15.1. The highest BCUT2D eigenvalue weighted by Gasteiger charge is 2.17. The van der Waals surface area contributed by atoms with E-state index < -0.39 is 0 Å². The minimum Gasteiger partial charge on any atom is -0.308 e. The Morgan fingerprint density at radius 2 is 2.00 bits per heavy atom. The van der Waals surface area contributed by atoms with Crippen molar-refractivity contribution in [3.8, 4) is 0 Å². The van der Waals surface area contributed by atoms with Crippen LogP contribution in [0.2, 0.25) is 0 Å². The molecule has 0 spiro atoms. The maximum Gasteiger partial charge on any atom is 0.0535 e. The van der Waals surface area contributed by atoms with Gasteiger partial charge >= 0.3 is 0 Å². The van der Waals surface area contributed by atoms with Crippen molar-refractivity contribution in [1.29, 1.82) is 0 Å². The largest absolute Gasteiger partial charge is 0.308 e. The van der Waals surface area contributed by atoms with Crippen molar-refractivity contribution in [2.24, 2.45) is 5.92 Å². The lowest BCUT2D eigenvalue weighted by molar-refractivity contribution is 0.176. The number of H-pyrrole nitrogens is 1. The third-order valence-corrected chi connectivity index (χ3v) is 4.82. The van der Waals surface area contributed by atoms with E-state index in [-0.39, 0.29) is 0 Å². The molecule has 2 heterocycles. The molecule has 1 aliphatic rings. The molecule has 1 saturated heterocycles. The zero-order valence-electron chi connectivity index (χ0n) is 14.3. The zero-order chi connectivity index (χ0) is 16.1. The molecular weight excluding hydrogens is 284 g/mol. The molecule has 0 unspecified atom stereocenters. The average molecular weight is 312 g/mol. The van der Waals surface area contributed by atoms with Crippen molar-refractivity contribution in [2.45, 2.75) is 46.3 Å². The van der Waals surface area contributed by atoms with Gasteiger partial charge in [-0.15, -0.1) is 0 Å². The predicted octanol–water partition coefficient (Wildman–Crippen LogP) is 3.24. The van der Waals surface area contributed by atoms with Crippen molar-refractivity contribution in [3.05, 3.63) is 52.8 Å². The van der Waals surface area contributed by atoms with Gasteiger partial charge in [0, 0.05) is 37.4 Å². The number of hydrogen-bond acceptors (Lipinski definition) is 3. The summed E-state index contributed by atoms with van der Waals surface area (Å²) in [5.74, 6) is 0.832. The van der Waals surface area contributed by atoms with Crippen LogP contribution >= 0.6 is 0 Å². The van der Waals surface area contributed by atoms with Gasteiger partial charge in [0.05, 0.1) is 6.20 Å². The first-order valence-corrected chi connectivity index (χ1v) is 8.71. The lowest BCUT2D eigenvalue weighted by Crippen LogP contribution is -2.34. The number of aryl methyl sites for hydroxylation is 1. The van der Waals surface area contributed by atoms with Crippen molar-refractivity contribution in [2.75, 3.05) is 13.1 Å². The van der Waals surface area contributed by atoms with E-state index in [4.69, 9.17) is 0 Å². The number of likely N-dealkylation sites (tertiary alicyclic amines) is 1.